The van der Waals surface area contributed by atoms with E-state index >= 15 is 0 Å². The van der Waals surface area contributed by atoms with Gasteiger partial charge in [-0.1, -0.05) is 0 Å². The SMILES string of the molecule is CNS(=O)(=O)c1cc(C(=O)N2CCN(c3ncnc4[nH]ccc34)CC23CC3)sc1C. The predicted octanol–water partition coefficient (Wildman–Crippen LogP) is 1.73. The number of sulfonamides is 1. The Hall–Kier alpha value is -2.50. The van der Waals surface area contributed by atoms with Gasteiger partial charge in [-0.25, -0.2) is 23.1 Å². The Morgan fingerprint density at radius 1 is 1.30 bits per heavy atom. The molecule has 5 rings (SSSR count). The number of anilines is 1. The van der Waals surface area contributed by atoms with Crippen molar-refractivity contribution in [2.75, 3.05) is 31.6 Å². The zero-order valence-corrected chi connectivity index (χ0v) is 18.3. The Kier molecular flexibility index (Phi) is 4.38. The van der Waals surface area contributed by atoms with Crippen LogP contribution >= 0.6 is 11.3 Å². The molecule has 1 spiro atoms. The molecule has 1 saturated heterocycles. The van der Waals surface area contributed by atoms with Gasteiger partial charge in [-0.2, -0.15) is 0 Å². The number of thiophene rings is 1. The van der Waals surface area contributed by atoms with Crippen LogP contribution in [-0.2, 0) is 10.0 Å². The molecule has 0 unspecified atom stereocenters. The highest BCUT2D eigenvalue weighted by Gasteiger charge is 2.54. The van der Waals surface area contributed by atoms with Crippen molar-refractivity contribution in [2.45, 2.75) is 30.2 Å². The molecule has 2 N–H and O–H groups in total. The average molecular weight is 447 g/mol. The van der Waals surface area contributed by atoms with Crippen LogP contribution in [0.15, 0.2) is 29.6 Å². The molecule has 9 nitrogen and oxygen atoms in total. The second kappa shape index (κ2) is 6.76. The molecule has 3 aromatic rings. The lowest BCUT2D eigenvalue weighted by molar-refractivity contribution is 0.0629. The Labute approximate surface area is 178 Å². The standard InChI is InChI=1S/C19H22N6O3S2/c1-12-15(30(27,28)20-2)9-14(29-12)18(26)25-8-7-24(10-19(25)4-5-19)17-13-3-6-21-16(13)22-11-23-17/h3,6,9,11,20H,4-5,7-8,10H2,1-2H3,(H,21,22,23). The van der Waals surface area contributed by atoms with E-state index in [1.54, 1.807) is 13.3 Å². The number of hydrogen-bond donors (Lipinski definition) is 2. The van der Waals surface area contributed by atoms with Crippen molar-refractivity contribution in [1.29, 1.82) is 0 Å². The van der Waals surface area contributed by atoms with Gasteiger partial charge in [0.05, 0.1) is 20.7 Å². The number of rotatable bonds is 4. The van der Waals surface area contributed by atoms with E-state index in [-0.39, 0.29) is 16.3 Å². The highest BCUT2D eigenvalue weighted by Crippen LogP contribution is 2.46. The summed E-state index contributed by atoms with van der Waals surface area (Å²) in [6.07, 6.45) is 5.28. The predicted molar refractivity (Wildman–Crippen MR) is 114 cm³/mol. The third-order valence-corrected chi connectivity index (χ3v) is 8.71. The van der Waals surface area contributed by atoms with Gasteiger partial charge in [0.2, 0.25) is 10.0 Å². The monoisotopic (exact) mass is 446 g/mol. The van der Waals surface area contributed by atoms with E-state index in [4.69, 9.17) is 0 Å². The zero-order valence-electron chi connectivity index (χ0n) is 16.7. The molecule has 1 saturated carbocycles. The molecule has 2 aliphatic rings. The lowest BCUT2D eigenvalue weighted by atomic mass is 10.1. The Morgan fingerprint density at radius 2 is 2.10 bits per heavy atom. The highest BCUT2D eigenvalue weighted by molar-refractivity contribution is 7.89. The Balaban J connectivity index is 1.41. The van der Waals surface area contributed by atoms with Crippen LogP contribution in [0.1, 0.15) is 27.4 Å². The van der Waals surface area contributed by atoms with Gasteiger partial charge >= 0.3 is 0 Å². The molecule has 2 fully saturated rings. The number of fused-ring (bicyclic) bond motifs is 1. The van der Waals surface area contributed by atoms with E-state index in [9.17, 15) is 13.2 Å². The quantitative estimate of drug-likeness (QED) is 0.631. The van der Waals surface area contributed by atoms with Crippen LogP contribution in [0.25, 0.3) is 11.0 Å². The number of aryl methyl sites for hydroxylation is 1. The number of aromatic nitrogens is 3. The van der Waals surface area contributed by atoms with E-state index in [1.807, 2.05) is 17.2 Å². The van der Waals surface area contributed by atoms with Crippen molar-refractivity contribution in [3.8, 4) is 0 Å². The first-order valence-corrected chi connectivity index (χ1v) is 12.0. The summed E-state index contributed by atoms with van der Waals surface area (Å²) in [6, 6.07) is 3.48. The van der Waals surface area contributed by atoms with Crippen LogP contribution in [0.2, 0.25) is 0 Å². The molecule has 1 aliphatic carbocycles. The van der Waals surface area contributed by atoms with Crippen LogP contribution in [0, 0.1) is 6.92 Å². The van der Waals surface area contributed by atoms with E-state index in [2.05, 4.69) is 24.6 Å². The lowest BCUT2D eigenvalue weighted by Gasteiger charge is -2.42. The Morgan fingerprint density at radius 3 is 2.83 bits per heavy atom. The molecule has 1 aliphatic heterocycles. The fraction of sp³-hybridized carbons (Fsp3) is 0.421. The minimum Gasteiger partial charge on any atom is -0.352 e. The van der Waals surface area contributed by atoms with Crippen molar-refractivity contribution in [1.82, 2.24) is 24.6 Å². The van der Waals surface area contributed by atoms with Crippen LogP contribution in [0.3, 0.4) is 0 Å². The molecule has 1 amide bonds. The number of piperazine rings is 1. The van der Waals surface area contributed by atoms with E-state index in [0.29, 0.717) is 29.4 Å². The molecular weight excluding hydrogens is 424 g/mol. The van der Waals surface area contributed by atoms with Gasteiger partial charge in [0, 0.05) is 30.7 Å². The molecule has 30 heavy (non-hydrogen) atoms. The molecule has 0 radical (unpaired) electrons. The first-order chi connectivity index (χ1) is 14.3. The summed E-state index contributed by atoms with van der Waals surface area (Å²) in [4.78, 5) is 30.6. The smallest absolute Gasteiger partial charge is 0.264 e. The fourth-order valence-electron chi connectivity index (χ4n) is 4.24. The molecule has 11 heteroatoms. The summed E-state index contributed by atoms with van der Waals surface area (Å²) in [5.41, 5.74) is 0.582. The minimum absolute atomic E-state index is 0.0905. The van der Waals surface area contributed by atoms with Crippen LogP contribution in [0.4, 0.5) is 5.82 Å². The summed E-state index contributed by atoms with van der Waals surface area (Å²) < 4.78 is 26.7. The largest absolute Gasteiger partial charge is 0.352 e. The maximum Gasteiger partial charge on any atom is 0.264 e. The number of amides is 1. The minimum atomic E-state index is -3.58. The van der Waals surface area contributed by atoms with Gasteiger partial charge < -0.3 is 14.8 Å². The molecular formula is C19H22N6O3S2. The van der Waals surface area contributed by atoms with Crippen LogP contribution in [0.5, 0.6) is 0 Å². The number of hydrogen-bond acceptors (Lipinski definition) is 7. The van der Waals surface area contributed by atoms with E-state index in [1.165, 1.54) is 24.5 Å². The van der Waals surface area contributed by atoms with Crippen molar-refractivity contribution in [3.63, 3.8) is 0 Å². The van der Waals surface area contributed by atoms with Crippen molar-refractivity contribution in [2.24, 2.45) is 0 Å². The van der Waals surface area contributed by atoms with Gasteiger partial charge in [-0.05, 0) is 38.9 Å². The number of carbonyl (C=O) groups is 1. The van der Waals surface area contributed by atoms with Gasteiger partial charge in [0.25, 0.3) is 5.91 Å². The number of nitrogens with zero attached hydrogens (tertiary/aromatic N) is 4. The normalized spacial score (nSPS) is 18.3. The summed E-state index contributed by atoms with van der Waals surface area (Å²) in [6.45, 7) is 3.67. The fourth-order valence-corrected chi connectivity index (χ4v) is 6.50. The number of H-pyrrole nitrogens is 1. The molecule has 0 aromatic carbocycles. The van der Waals surface area contributed by atoms with E-state index in [0.717, 1.165) is 29.7 Å². The van der Waals surface area contributed by atoms with Gasteiger partial charge in [0.1, 0.15) is 17.8 Å². The van der Waals surface area contributed by atoms with Gasteiger partial charge in [0.15, 0.2) is 0 Å². The first-order valence-electron chi connectivity index (χ1n) is 9.74. The van der Waals surface area contributed by atoms with Crippen LogP contribution in [-0.4, -0.2) is 66.4 Å². The molecule has 0 atom stereocenters. The third kappa shape index (κ3) is 2.99. The lowest BCUT2D eigenvalue weighted by Crippen LogP contribution is -2.57. The van der Waals surface area contributed by atoms with Crippen molar-refractivity contribution < 1.29 is 13.2 Å². The van der Waals surface area contributed by atoms with Crippen molar-refractivity contribution in [3.05, 3.63) is 34.4 Å². The molecule has 4 heterocycles. The molecule has 3 aromatic heterocycles. The van der Waals surface area contributed by atoms with Gasteiger partial charge in [-0.3, -0.25) is 4.79 Å². The number of nitrogens with one attached hydrogen (secondary N) is 2. The zero-order chi connectivity index (χ0) is 21.1. The summed E-state index contributed by atoms with van der Waals surface area (Å²) in [7, 11) is -2.21. The average Bonchev–Trinajstić information content (AvgIpc) is 3.16. The van der Waals surface area contributed by atoms with Gasteiger partial charge in [-0.15, -0.1) is 11.3 Å². The molecule has 0 bridgehead atoms. The second-order valence-electron chi connectivity index (χ2n) is 7.78. The number of aromatic amines is 1. The summed E-state index contributed by atoms with van der Waals surface area (Å²) in [5, 5.41) is 0.976. The Bertz CT molecular complexity index is 1240. The highest BCUT2D eigenvalue weighted by atomic mass is 32.2. The first kappa shape index (κ1) is 19.5. The van der Waals surface area contributed by atoms with E-state index < -0.39 is 10.0 Å². The summed E-state index contributed by atoms with van der Waals surface area (Å²) >= 11 is 1.24. The number of carbonyl (C=O) groups excluding carboxylic acids is 1. The third-order valence-electron chi connectivity index (χ3n) is 6.00. The van der Waals surface area contributed by atoms with Crippen LogP contribution < -0.4 is 9.62 Å². The maximum absolute atomic E-state index is 13.3. The maximum atomic E-state index is 13.3. The second-order valence-corrected chi connectivity index (χ2v) is 10.9. The van der Waals surface area contributed by atoms with Crippen molar-refractivity contribution >= 4 is 44.1 Å². The summed E-state index contributed by atoms with van der Waals surface area (Å²) in [5.74, 6) is 0.793. The topological polar surface area (TPSA) is 111 Å². The molecule has 158 valence electrons.